The summed E-state index contributed by atoms with van der Waals surface area (Å²) in [5, 5.41) is 3.34. The molecule has 3 rings (SSSR count). The van der Waals surface area contributed by atoms with Gasteiger partial charge in [-0.1, -0.05) is 30.3 Å². The predicted octanol–water partition coefficient (Wildman–Crippen LogP) is 4.29. The largest absolute Gasteiger partial charge is 0.306 e. The lowest BCUT2D eigenvalue weighted by atomic mass is 10.0. The molecule has 1 aliphatic heterocycles. The summed E-state index contributed by atoms with van der Waals surface area (Å²) in [5.41, 5.74) is 1.63. The summed E-state index contributed by atoms with van der Waals surface area (Å²) in [6, 6.07) is 12.0. The van der Waals surface area contributed by atoms with E-state index < -0.39 is 0 Å². The van der Waals surface area contributed by atoms with Crippen LogP contribution in [0.5, 0.6) is 0 Å². The number of fused-ring (bicyclic) bond motifs is 1. The smallest absolute Gasteiger partial charge is 0.137 e. The number of rotatable bonds is 3. The second kappa shape index (κ2) is 5.94. The molecular weight excluding hydrogens is 276 g/mol. The maximum Gasteiger partial charge on any atom is 0.137 e. The van der Waals surface area contributed by atoms with Gasteiger partial charge in [-0.25, -0.2) is 8.78 Å². The first-order valence-corrected chi connectivity index (χ1v) is 7.62. The van der Waals surface area contributed by atoms with E-state index in [1.165, 1.54) is 12.1 Å². The van der Waals surface area contributed by atoms with Crippen molar-refractivity contribution < 1.29 is 8.78 Å². The Kier molecular flexibility index (Phi) is 4.03. The lowest BCUT2D eigenvalue weighted by molar-refractivity contribution is 0.486. The highest BCUT2D eigenvalue weighted by Gasteiger charge is 2.22. The zero-order valence-corrected chi connectivity index (χ0v) is 11.7. The molecule has 20 heavy (non-hydrogen) atoms. The van der Waals surface area contributed by atoms with Gasteiger partial charge in [0.25, 0.3) is 0 Å². The fraction of sp³-hybridized carbons (Fsp3) is 0.250. The van der Waals surface area contributed by atoms with Crippen LogP contribution in [0.2, 0.25) is 0 Å². The van der Waals surface area contributed by atoms with Crippen molar-refractivity contribution in [2.75, 3.05) is 5.75 Å². The monoisotopic (exact) mass is 291 g/mol. The Morgan fingerprint density at radius 2 is 1.85 bits per heavy atom. The van der Waals surface area contributed by atoms with Gasteiger partial charge < -0.3 is 5.32 Å². The zero-order chi connectivity index (χ0) is 13.9. The van der Waals surface area contributed by atoms with E-state index in [9.17, 15) is 8.78 Å². The standard InChI is InChI=1S/C16H15F2NS/c17-13-6-2-1-4-11(13)10-19-15-8-9-20-16-12(15)5-3-7-14(16)18/h1-7,15,19H,8-10H2. The molecule has 104 valence electrons. The Labute approximate surface area is 121 Å². The zero-order valence-electron chi connectivity index (χ0n) is 10.9. The number of nitrogens with one attached hydrogen (secondary N) is 1. The van der Waals surface area contributed by atoms with E-state index in [4.69, 9.17) is 0 Å². The molecular formula is C16H15F2NS. The summed E-state index contributed by atoms with van der Waals surface area (Å²) in [4.78, 5) is 0.727. The van der Waals surface area contributed by atoms with Gasteiger partial charge in [0.1, 0.15) is 11.6 Å². The van der Waals surface area contributed by atoms with Gasteiger partial charge in [-0.05, 0) is 29.9 Å². The average Bonchev–Trinajstić information content (AvgIpc) is 2.47. The molecule has 2 aromatic rings. The molecule has 0 fully saturated rings. The molecule has 0 bridgehead atoms. The molecule has 0 amide bonds. The highest BCUT2D eigenvalue weighted by atomic mass is 32.2. The van der Waals surface area contributed by atoms with Crippen molar-refractivity contribution in [1.29, 1.82) is 0 Å². The van der Waals surface area contributed by atoms with Crippen molar-refractivity contribution in [1.82, 2.24) is 5.32 Å². The third-order valence-corrected chi connectivity index (χ3v) is 4.68. The van der Waals surface area contributed by atoms with Gasteiger partial charge in [0.05, 0.1) is 0 Å². The topological polar surface area (TPSA) is 12.0 Å². The molecule has 0 spiro atoms. The maximum atomic E-state index is 13.8. The van der Waals surface area contributed by atoms with Crippen LogP contribution in [0.25, 0.3) is 0 Å². The average molecular weight is 291 g/mol. The summed E-state index contributed by atoms with van der Waals surface area (Å²) in [5.74, 6) is 0.512. The molecule has 0 saturated carbocycles. The SMILES string of the molecule is Fc1ccccc1CNC1CCSc2c(F)cccc21. The first-order valence-electron chi connectivity index (χ1n) is 6.63. The maximum absolute atomic E-state index is 13.8. The van der Waals surface area contributed by atoms with Crippen LogP contribution in [0.3, 0.4) is 0 Å². The molecule has 1 aliphatic rings. The van der Waals surface area contributed by atoms with Crippen LogP contribution in [-0.4, -0.2) is 5.75 Å². The van der Waals surface area contributed by atoms with Crippen LogP contribution in [0.1, 0.15) is 23.6 Å². The molecule has 1 heterocycles. The van der Waals surface area contributed by atoms with Crippen molar-refractivity contribution in [3.63, 3.8) is 0 Å². The molecule has 1 nitrogen and oxygen atoms in total. The van der Waals surface area contributed by atoms with Crippen molar-refractivity contribution in [3.8, 4) is 0 Å². The van der Waals surface area contributed by atoms with Gasteiger partial charge in [-0.3, -0.25) is 0 Å². The third-order valence-electron chi connectivity index (χ3n) is 3.52. The number of benzene rings is 2. The Hall–Kier alpha value is -1.39. The third kappa shape index (κ3) is 2.72. The highest BCUT2D eigenvalue weighted by Crippen LogP contribution is 2.37. The van der Waals surface area contributed by atoms with Gasteiger partial charge >= 0.3 is 0 Å². The van der Waals surface area contributed by atoms with E-state index in [1.807, 2.05) is 12.1 Å². The van der Waals surface area contributed by atoms with Crippen molar-refractivity contribution in [3.05, 3.63) is 65.2 Å². The number of halogens is 2. The molecule has 0 saturated heterocycles. The van der Waals surface area contributed by atoms with E-state index in [0.29, 0.717) is 12.1 Å². The molecule has 2 aromatic carbocycles. The quantitative estimate of drug-likeness (QED) is 0.905. The van der Waals surface area contributed by atoms with Crippen LogP contribution in [0.15, 0.2) is 47.4 Å². The Balaban J connectivity index is 1.77. The van der Waals surface area contributed by atoms with Gasteiger partial charge in [-0.15, -0.1) is 11.8 Å². The first kappa shape index (κ1) is 13.6. The minimum atomic E-state index is -0.204. The predicted molar refractivity (Wildman–Crippen MR) is 77.7 cm³/mol. The van der Waals surface area contributed by atoms with Crippen molar-refractivity contribution in [2.24, 2.45) is 0 Å². The summed E-state index contributed by atoms with van der Waals surface area (Å²) < 4.78 is 27.4. The van der Waals surface area contributed by atoms with Gasteiger partial charge in [0, 0.05) is 23.0 Å². The molecule has 1 unspecified atom stereocenters. The molecule has 4 heteroatoms. The molecule has 0 aromatic heterocycles. The number of hydrogen-bond acceptors (Lipinski definition) is 2. The van der Waals surface area contributed by atoms with Crippen LogP contribution in [0.4, 0.5) is 8.78 Å². The summed E-state index contributed by atoms with van der Waals surface area (Å²) in [6.07, 6.45) is 0.926. The normalized spacial score (nSPS) is 17.8. The van der Waals surface area contributed by atoms with Crippen LogP contribution in [0, 0.1) is 11.6 Å². The molecule has 0 aliphatic carbocycles. The van der Waals surface area contributed by atoms with Gasteiger partial charge in [0.2, 0.25) is 0 Å². The molecule has 1 N–H and O–H groups in total. The van der Waals surface area contributed by atoms with Crippen molar-refractivity contribution in [2.45, 2.75) is 23.9 Å². The summed E-state index contributed by atoms with van der Waals surface area (Å²) in [7, 11) is 0. The van der Waals surface area contributed by atoms with E-state index >= 15 is 0 Å². The van der Waals surface area contributed by atoms with Crippen molar-refractivity contribution >= 4 is 11.8 Å². The van der Waals surface area contributed by atoms with E-state index in [0.717, 1.165) is 22.6 Å². The van der Waals surface area contributed by atoms with Crippen LogP contribution in [-0.2, 0) is 6.54 Å². The summed E-state index contributed by atoms with van der Waals surface area (Å²) >= 11 is 1.55. The lowest BCUT2D eigenvalue weighted by Crippen LogP contribution is -2.25. The van der Waals surface area contributed by atoms with Gasteiger partial charge in [0.15, 0.2) is 0 Å². The molecule has 0 radical (unpaired) electrons. The second-order valence-corrected chi connectivity index (χ2v) is 5.93. The van der Waals surface area contributed by atoms with Crippen LogP contribution < -0.4 is 5.32 Å². The lowest BCUT2D eigenvalue weighted by Gasteiger charge is -2.26. The van der Waals surface area contributed by atoms with Gasteiger partial charge in [-0.2, -0.15) is 0 Å². The summed E-state index contributed by atoms with van der Waals surface area (Å²) in [6.45, 7) is 0.456. The fourth-order valence-electron chi connectivity index (χ4n) is 2.47. The van der Waals surface area contributed by atoms with E-state index in [2.05, 4.69) is 5.32 Å². The van der Waals surface area contributed by atoms with Crippen LogP contribution >= 0.6 is 11.8 Å². The molecule has 1 atom stereocenters. The first-order chi connectivity index (χ1) is 9.75. The van der Waals surface area contributed by atoms with E-state index in [1.54, 1.807) is 30.0 Å². The second-order valence-electron chi connectivity index (χ2n) is 4.82. The Morgan fingerprint density at radius 1 is 1.05 bits per heavy atom. The number of hydrogen-bond donors (Lipinski definition) is 1. The fourth-order valence-corrected chi connectivity index (χ4v) is 3.61. The number of thioether (sulfide) groups is 1. The Morgan fingerprint density at radius 3 is 2.70 bits per heavy atom. The van der Waals surface area contributed by atoms with E-state index in [-0.39, 0.29) is 17.7 Å². The Bertz CT molecular complexity index is 615. The minimum Gasteiger partial charge on any atom is -0.306 e. The minimum absolute atomic E-state index is 0.0848. The highest BCUT2D eigenvalue weighted by molar-refractivity contribution is 7.99.